The van der Waals surface area contributed by atoms with Gasteiger partial charge < -0.3 is 10.1 Å². The summed E-state index contributed by atoms with van der Waals surface area (Å²) in [6, 6.07) is 16.9. The summed E-state index contributed by atoms with van der Waals surface area (Å²) in [6.45, 7) is 3.88. The van der Waals surface area contributed by atoms with E-state index in [0.717, 1.165) is 29.8 Å². The van der Waals surface area contributed by atoms with E-state index in [0.29, 0.717) is 23.1 Å². The van der Waals surface area contributed by atoms with Crippen molar-refractivity contribution in [3.63, 3.8) is 0 Å². The summed E-state index contributed by atoms with van der Waals surface area (Å²) in [7, 11) is 0. The molecule has 2 aromatic heterocycles. The number of amides is 1. The number of rotatable bonds is 6. The first-order valence-corrected chi connectivity index (χ1v) is 10.6. The molecule has 0 spiro atoms. The lowest BCUT2D eigenvalue weighted by Gasteiger charge is -2.16. The summed E-state index contributed by atoms with van der Waals surface area (Å²) >= 11 is 0. The van der Waals surface area contributed by atoms with Crippen LogP contribution in [0.1, 0.15) is 29.8 Å². The molecule has 2 aromatic carbocycles. The minimum atomic E-state index is -0.580. The number of carbonyl (C=O) groups is 1. The molecule has 4 aromatic rings. The van der Waals surface area contributed by atoms with Gasteiger partial charge in [-0.2, -0.15) is 5.10 Å². The highest BCUT2D eigenvalue weighted by molar-refractivity contribution is 6.01. The molecule has 1 saturated carbocycles. The van der Waals surface area contributed by atoms with Crippen molar-refractivity contribution in [1.82, 2.24) is 19.7 Å². The Hall–Kier alpha value is -4.07. The predicted octanol–water partition coefficient (Wildman–Crippen LogP) is 4.88. The van der Waals surface area contributed by atoms with Crippen LogP contribution in [-0.4, -0.2) is 25.7 Å². The molecule has 0 bridgehead atoms. The van der Waals surface area contributed by atoms with Gasteiger partial charge in [-0.05, 0) is 74.7 Å². The van der Waals surface area contributed by atoms with Gasteiger partial charge in [0.25, 0.3) is 0 Å². The van der Waals surface area contributed by atoms with Gasteiger partial charge in [0.05, 0.1) is 11.1 Å². The van der Waals surface area contributed by atoms with E-state index >= 15 is 0 Å². The number of benzene rings is 2. The predicted molar refractivity (Wildman–Crippen MR) is 121 cm³/mol. The molecule has 166 valence electrons. The zero-order chi connectivity index (χ0) is 23.0. The van der Waals surface area contributed by atoms with E-state index < -0.39 is 5.41 Å². The fourth-order valence-corrected chi connectivity index (χ4v) is 3.88. The Labute approximate surface area is 190 Å². The second-order valence-corrected chi connectivity index (χ2v) is 8.22. The topological polar surface area (TPSA) is 81.9 Å². The number of anilines is 1. The monoisotopic (exact) mass is 443 g/mol. The molecule has 0 radical (unpaired) electrons. The molecule has 1 fully saturated rings. The van der Waals surface area contributed by atoms with Gasteiger partial charge >= 0.3 is 0 Å². The van der Waals surface area contributed by atoms with Crippen molar-refractivity contribution >= 4 is 11.6 Å². The van der Waals surface area contributed by atoms with E-state index in [1.807, 2.05) is 19.9 Å². The van der Waals surface area contributed by atoms with E-state index in [2.05, 4.69) is 20.4 Å². The second-order valence-electron chi connectivity index (χ2n) is 8.22. The highest BCUT2D eigenvalue weighted by Crippen LogP contribution is 2.49. The second kappa shape index (κ2) is 8.12. The van der Waals surface area contributed by atoms with Gasteiger partial charge in [0.1, 0.15) is 17.9 Å². The Morgan fingerprint density at radius 1 is 1.03 bits per heavy atom. The molecule has 33 heavy (non-hydrogen) atoms. The molecule has 1 N–H and O–H groups in total. The van der Waals surface area contributed by atoms with Crippen molar-refractivity contribution in [2.45, 2.75) is 32.1 Å². The Morgan fingerprint density at radius 3 is 2.39 bits per heavy atom. The van der Waals surface area contributed by atoms with E-state index in [9.17, 15) is 9.18 Å². The van der Waals surface area contributed by atoms with Crippen LogP contribution in [0, 0.1) is 19.7 Å². The quantitative estimate of drug-likeness (QED) is 0.459. The number of hydrogen-bond acceptors (Lipinski definition) is 5. The first kappa shape index (κ1) is 20.8. The summed E-state index contributed by atoms with van der Waals surface area (Å²) in [5, 5.41) is 7.39. The highest BCUT2D eigenvalue weighted by atomic mass is 19.1. The molecule has 0 aliphatic heterocycles. The van der Waals surface area contributed by atoms with Gasteiger partial charge in [-0.25, -0.2) is 19.0 Å². The molecule has 0 unspecified atom stereocenters. The van der Waals surface area contributed by atoms with Crippen molar-refractivity contribution in [1.29, 1.82) is 0 Å². The van der Waals surface area contributed by atoms with E-state index in [4.69, 9.17) is 4.74 Å². The average molecular weight is 443 g/mol. The minimum Gasteiger partial charge on any atom is -0.439 e. The van der Waals surface area contributed by atoms with Crippen LogP contribution >= 0.6 is 0 Å². The Morgan fingerprint density at radius 2 is 1.76 bits per heavy atom. The molecule has 1 aliphatic rings. The lowest BCUT2D eigenvalue weighted by molar-refractivity contribution is -0.118. The fraction of sp³-hybridized carbons (Fsp3) is 0.200. The van der Waals surface area contributed by atoms with Crippen molar-refractivity contribution in [3.05, 3.63) is 89.8 Å². The maximum absolute atomic E-state index is 13.2. The third kappa shape index (κ3) is 4.19. The van der Waals surface area contributed by atoms with Crippen LogP contribution < -0.4 is 10.1 Å². The number of nitrogens with zero attached hydrogens (tertiary/aromatic N) is 4. The van der Waals surface area contributed by atoms with Crippen molar-refractivity contribution in [2.75, 3.05) is 5.32 Å². The molecule has 1 amide bonds. The normalized spacial score (nSPS) is 14.0. The molecule has 1 aliphatic carbocycles. The lowest BCUT2D eigenvalue weighted by atomic mass is 9.95. The van der Waals surface area contributed by atoms with Gasteiger partial charge in [0.2, 0.25) is 11.8 Å². The lowest BCUT2D eigenvalue weighted by Crippen LogP contribution is -2.27. The molecular weight excluding hydrogens is 421 g/mol. The molecule has 2 heterocycles. The largest absolute Gasteiger partial charge is 0.439 e. The molecule has 8 heteroatoms. The van der Waals surface area contributed by atoms with Crippen LogP contribution in [0.2, 0.25) is 0 Å². The number of halogens is 1. The number of aryl methyl sites for hydroxylation is 2. The van der Waals surface area contributed by atoms with Crippen molar-refractivity contribution < 1.29 is 13.9 Å². The van der Waals surface area contributed by atoms with E-state index in [-0.39, 0.29) is 11.7 Å². The van der Waals surface area contributed by atoms with E-state index in [1.54, 1.807) is 47.1 Å². The zero-order valence-electron chi connectivity index (χ0n) is 18.2. The van der Waals surface area contributed by atoms with Crippen LogP contribution in [0.3, 0.4) is 0 Å². The SMILES string of the molecule is Cc1cc(C)n(-c2cc(Oc3ccc(NC(=O)C4(c5ccc(F)cc5)CC4)cc3)ncn2)n1. The molecule has 0 saturated heterocycles. The average Bonchev–Trinajstić information content (AvgIpc) is 3.55. The molecule has 5 rings (SSSR count). The summed E-state index contributed by atoms with van der Waals surface area (Å²) < 4.78 is 20.8. The third-order valence-electron chi connectivity index (χ3n) is 5.77. The number of nitrogens with one attached hydrogen (secondary N) is 1. The van der Waals surface area contributed by atoms with Gasteiger partial charge in [0, 0.05) is 17.4 Å². The minimum absolute atomic E-state index is 0.0897. The number of aromatic nitrogens is 4. The van der Waals surface area contributed by atoms with Gasteiger partial charge in [0.15, 0.2) is 5.82 Å². The summed E-state index contributed by atoms with van der Waals surface area (Å²) in [5.41, 5.74) is 2.78. The number of ether oxygens (including phenoxy) is 1. The fourth-order valence-electron chi connectivity index (χ4n) is 3.88. The standard InChI is InChI=1S/C25H22FN5O2/c1-16-13-17(2)31(30-16)22-14-23(28-15-27-22)33-21-9-7-20(8-10-21)29-24(32)25(11-12-25)18-3-5-19(26)6-4-18/h3-10,13-15H,11-12H2,1-2H3,(H,29,32). The molecular formula is C25H22FN5O2. The first-order chi connectivity index (χ1) is 15.9. The maximum Gasteiger partial charge on any atom is 0.235 e. The van der Waals surface area contributed by atoms with E-state index in [1.165, 1.54) is 18.5 Å². The Kier molecular flexibility index (Phi) is 5.12. The smallest absolute Gasteiger partial charge is 0.235 e. The highest BCUT2D eigenvalue weighted by Gasteiger charge is 2.51. The molecule has 7 nitrogen and oxygen atoms in total. The van der Waals surface area contributed by atoms with Crippen molar-refractivity contribution in [3.8, 4) is 17.4 Å². The zero-order valence-corrected chi connectivity index (χ0v) is 18.2. The Balaban J connectivity index is 1.27. The van der Waals surface area contributed by atoms with Crippen molar-refractivity contribution in [2.24, 2.45) is 0 Å². The summed E-state index contributed by atoms with van der Waals surface area (Å²) in [5.74, 6) is 1.18. The van der Waals surface area contributed by atoms with Crippen LogP contribution in [0.25, 0.3) is 5.82 Å². The van der Waals surface area contributed by atoms with Gasteiger partial charge in [-0.1, -0.05) is 12.1 Å². The van der Waals surface area contributed by atoms with Crippen LogP contribution in [0.5, 0.6) is 11.6 Å². The van der Waals surface area contributed by atoms with Crippen LogP contribution in [0.15, 0.2) is 67.0 Å². The third-order valence-corrected chi connectivity index (χ3v) is 5.77. The van der Waals surface area contributed by atoms with Crippen LogP contribution in [0.4, 0.5) is 10.1 Å². The Bertz CT molecular complexity index is 1310. The van der Waals surface area contributed by atoms with Gasteiger partial charge in [-0.15, -0.1) is 0 Å². The number of hydrogen-bond donors (Lipinski definition) is 1. The molecule has 0 atom stereocenters. The number of carbonyl (C=O) groups excluding carboxylic acids is 1. The summed E-state index contributed by atoms with van der Waals surface area (Å²) in [6.07, 6.45) is 2.92. The van der Waals surface area contributed by atoms with Crippen LogP contribution in [-0.2, 0) is 10.2 Å². The first-order valence-electron chi connectivity index (χ1n) is 10.6. The summed E-state index contributed by atoms with van der Waals surface area (Å²) in [4.78, 5) is 21.3. The van der Waals surface area contributed by atoms with Gasteiger partial charge in [-0.3, -0.25) is 4.79 Å². The maximum atomic E-state index is 13.2.